The van der Waals surface area contributed by atoms with Crippen LogP contribution < -0.4 is 0 Å². The number of hydrogen-bond donors (Lipinski definition) is 0. The molecular weight excluding hydrogens is 731 g/mol. The lowest BCUT2D eigenvalue weighted by Crippen LogP contribution is -2.04. The van der Waals surface area contributed by atoms with Gasteiger partial charge in [0.2, 0.25) is 5.95 Å². The smallest absolute Gasteiger partial charge is 0.235 e. The number of aryl methyl sites for hydroxylation is 1. The van der Waals surface area contributed by atoms with Gasteiger partial charge in [0.1, 0.15) is 0 Å². The molecule has 0 aliphatic rings. The van der Waals surface area contributed by atoms with Crippen molar-refractivity contribution in [2.75, 3.05) is 0 Å². The van der Waals surface area contributed by atoms with Crippen molar-refractivity contribution >= 4 is 103 Å². The van der Waals surface area contributed by atoms with Crippen molar-refractivity contribution in [2.45, 2.75) is 6.92 Å². The highest BCUT2D eigenvalue weighted by Gasteiger charge is 2.27. The molecule has 0 aliphatic carbocycles. The Kier molecular flexibility index (Phi) is 6.16. The first-order chi connectivity index (χ1) is 29.7. The molecule has 0 saturated carbocycles. The predicted octanol–water partition coefficient (Wildman–Crippen LogP) is 14.1. The van der Waals surface area contributed by atoms with Gasteiger partial charge in [-0.05, 0) is 60.8 Å². The normalized spacial score (nSPS) is 12.4. The molecule has 278 valence electrons. The van der Waals surface area contributed by atoms with Crippen LogP contribution in [0, 0.1) is 6.92 Å². The Morgan fingerprint density at radius 3 is 1.92 bits per heavy atom. The van der Waals surface area contributed by atoms with E-state index in [1.165, 1.54) is 65.2 Å². The van der Waals surface area contributed by atoms with Crippen LogP contribution >= 0.6 is 0 Å². The summed E-state index contributed by atoms with van der Waals surface area (Å²) in [6, 6.07) is 66.3. The van der Waals surface area contributed by atoms with E-state index >= 15 is 0 Å². The lowest BCUT2D eigenvalue weighted by atomic mass is 9.98. The lowest BCUT2D eigenvalue weighted by Gasteiger charge is -2.14. The molecule has 0 aliphatic heterocycles. The predicted molar refractivity (Wildman–Crippen MR) is 251 cm³/mol. The summed E-state index contributed by atoms with van der Waals surface area (Å²) in [6.07, 6.45) is 0. The maximum Gasteiger partial charge on any atom is 0.235 e. The molecule has 5 heteroatoms. The van der Waals surface area contributed by atoms with Crippen LogP contribution in [0.25, 0.3) is 126 Å². The summed E-state index contributed by atoms with van der Waals surface area (Å²) >= 11 is 0. The van der Waals surface area contributed by atoms with E-state index in [-0.39, 0.29) is 0 Å². The van der Waals surface area contributed by atoms with Gasteiger partial charge in [-0.2, -0.15) is 0 Å². The standard InChI is InChI=1S/C55H33N5/c1-32-25-27-34(28-26-32)52-41-30-29-33-13-5-6-16-36(33)53(41)57-55(56-52)60-45-24-12-23-44-50(45)51-47(60)31-46-48(39-18-8-10-22-43(39)58(46)35-14-3-2-4-15-35)49(51)40-20-11-19-38-37-17-7-9-21-42(37)59(44)54(38)40/h2-31H,1H3. The maximum atomic E-state index is 5.62. The fourth-order valence-electron chi connectivity index (χ4n) is 10.5. The highest BCUT2D eigenvalue weighted by atomic mass is 15.2. The Bertz CT molecular complexity index is 4110. The highest BCUT2D eigenvalue weighted by Crippen LogP contribution is 2.49. The third-order valence-corrected chi connectivity index (χ3v) is 13.0. The van der Waals surface area contributed by atoms with Gasteiger partial charge in [-0.3, -0.25) is 4.57 Å². The van der Waals surface area contributed by atoms with Crippen LogP contribution in [0.15, 0.2) is 182 Å². The second-order valence-electron chi connectivity index (χ2n) is 16.2. The van der Waals surface area contributed by atoms with Crippen molar-refractivity contribution < 1.29 is 0 Å². The summed E-state index contributed by atoms with van der Waals surface area (Å²) in [5.74, 6) is 0.649. The van der Waals surface area contributed by atoms with Gasteiger partial charge in [0, 0.05) is 65.1 Å². The highest BCUT2D eigenvalue weighted by molar-refractivity contribution is 6.39. The Balaban J connectivity index is 1.28. The first kappa shape index (κ1) is 32.0. The lowest BCUT2D eigenvalue weighted by molar-refractivity contribution is 1.02. The van der Waals surface area contributed by atoms with Gasteiger partial charge in [0.25, 0.3) is 0 Å². The van der Waals surface area contributed by atoms with Gasteiger partial charge >= 0.3 is 0 Å². The first-order valence-electron chi connectivity index (χ1n) is 20.6. The van der Waals surface area contributed by atoms with Crippen molar-refractivity contribution in [2.24, 2.45) is 0 Å². The van der Waals surface area contributed by atoms with Gasteiger partial charge in [0.15, 0.2) is 0 Å². The minimum absolute atomic E-state index is 0.649. The number of hydrogen-bond acceptors (Lipinski definition) is 2. The molecule has 14 rings (SSSR count). The number of para-hydroxylation sites is 4. The monoisotopic (exact) mass is 763 g/mol. The minimum Gasteiger partial charge on any atom is -0.309 e. The Labute approximate surface area is 342 Å². The van der Waals surface area contributed by atoms with Gasteiger partial charge in [-0.1, -0.05) is 139 Å². The quantitative estimate of drug-likeness (QED) is 0.168. The van der Waals surface area contributed by atoms with E-state index in [4.69, 9.17) is 9.97 Å². The van der Waals surface area contributed by atoms with Crippen LogP contribution in [0.5, 0.6) is 0 Å². The second-order valence-corrected chi connectivity index (χ2v) is 16.2. The maximum absolute atomic E-state index is 5.62. The van der Waals surface area contributed by atoms with E-state index in [2.05, 4.69) is 202 Å². The van der Waals surface area contributed by atoms with Crippen molar-refractivity contribution in [3.63, 3.8) is 0 Å². The summed E-state index contributed by atoms with van der Waals surface area (Å²) in [5.41, 5.74) is 13.3. The molecule has 0 unspecified atom stereocenters. The molecule has 14 aromatic rings. The van der Waals surface area contributed by atoms with Crippen LogP contribution in [-0.2, 0) is 0 Å². The molecule has 0 saturated heterocycles. The van der Waals surface area contributed by atoms with E-state index < -0.39 is 0 Å². The Morgan fingerprint density at radius 2 is 1.05 bits per heavy atom. The molecule has 5 nitrogen and oxygen atoms in total. The van der Waals surface area contributed by atoms with Crippen LogP contribution in [0.1, 0.15) is 5.56 Å². The summed E-state index contributed by atoms with van der Waals surface area (Å²) in [7, 11) is 0. The molecule has 9 aromatic carbocycles. The number of benzene rings is 9. The largest absolute Gasteiger partial charge is 0.309 e. The average Bonchev–Trinajstić information content (AvgIpc) is 3.91. The number of fused-ring (bicyclic) bond motifs is 12. The topological polar surface area (TPSA) is 40.0 Å². The molecule has 5 heterocycles. The van der Waals surface area contributed by atoms with Crippen molar-refractivity contribution in [1.29, 1.82) is 0 Å². The minimum atomic E-state index is 0.649. The molecular formula is C55H33N5. The number of nitrogens with zero attached hydrogens (tertiary/aromatic N) is 5. The Morgan fingerprint density at radius 1 is 0.383 bits per heavy atom. The third kappa shape index (κ3) is 4.05. The first-order valence-corrected chi connectivity index (χ1v) is 20.6. The zero-order chi connectivity index (χ0) is 39.2. The van der Waals surface area contributed by atoms with Crippen LogP contribution in [0.3, 0.4) is 0 Å². The Hall–Kier alpha value is -8.02. The molecule has 5 aromatic heterocycles. The van der Waals surface area contributed by atoms with E-state index in [1.807, 2.05) is 0 Å². The molecule has 0 spiro atoms. The van der Waals surface area contributed by atoms with Crippen molar-refractivity contribution in [3.05, 3.63) is 188 Å². The number of aromatic nitrogens is 5. The summed E-state index contributed by atoms with van der Waals surface area (Å²) in [5, 5.41) is 13.1. The summed E-state index contributed by atoms with van der Waals surface area (Å²) in [4.78, 5) is 11.2. The fraction of sp³-hybridized carbons (Fsp3) is 0.0182. The average molecular weight is 764 g/mol. The molecule has 0 bridgehead atoms. The molecule has 0 radical (unpaired) electrons. The molecule has 0 fully saturated rings. The molecule has 0 amide bonds. The molecule has 0 atom stereocenters. The third-order valence-electron chi connectivity index (χ3n) is 13.0. The van der Waals surface area contributed by atoms with Crippen LogP contribution in [-0.4, -0.2) is 23.5 Å². The van der Waals surface area contributed by atoms with E-state index in [0.29, 0.717) is 5.95 Å². The van der Waals surface area contributed by atoms with Crippen molar-refractivity contribution in [1.82, 2.24) is 23.5 Å². The second kappa shape index (κ2) is 11.6. The zero-order valence-corrected chi connectivity index (χ0v) is 32.6. The van der Waals surface area contributed by atoms with Crippen molar-refractivity contribution in [3.8, 4) is 22.9 Å². The van der Waals surface area contributed by atoms with Crippen LogP contribution in [0.4, 0.5) is 0 Å². The fourth-order valence-corrected chi connectivity index (χ4v) is 10.5. The SMILES string of the molecule is Cc1ccc(-c2nc(-n3c4cc5c(c6ccccc6n5-c5ccccc5)c5c6cccc7c8ccccc8n(c8cccc3c8c54)c76)nc3c2ccc2ccccc23)cc1. The van der Waals surface area contributed by atoms with Gasteiger partial charge < -0.3 is 8.97 Å². The molecule has 0 N–H and O–H groups in total. The van der Waals surface area contributed by atoms with E-state index in [1.54, 1.807) is 0 Å². The van der Waals surface area contributed by atoms with Gasteiger partial charge in [0.05, 0.1) is 49.8 Å². The zero-order valence-electron chi connectivity index (χ0n) is 32.6. The van der Waals surface area contributed by atoms with E-state index in [0.717, 1.165) is 60.7 Å². The summed E-state index contributed by atoms with van der Waals surface area (Å²) < 4.78 is 7.30. The number of rotatable bonds is 3. The van der Waals surface area contributed by atoms with Gasteiger partial charge in [-0.25, -0.2) is 9.97 Å². The summed E-state index contributed by atoms with van der Waals surface area (Å²) in [6.45, 7) is 2.13. The van der Waals surface area contributed by atoms with Crippen LogP contribution in [0.2, 0.25) is 0 Å². The van der Waals surface area contributed by atoms with E-state index in [9.17, 15) is 0 Å². The molecule has 60 heavy (non-hydrogen) atoms. The van der Waals surface area contributed by atoms with Gasteiger partial charge in [-0.15, -0.1) is 0 Å².